The van der Waals surface area contributed by atoms with Crippen molar-refractivity contribution >= 4 is 0 Å². The van der Waals surface area contributed by atoms with Gasteiger partial charge in [-0.3, -0.25) is 4.90 Å². The highest BCUT2D eigenvalue weighted by molar-refractivity contribution is 5.17. The number of hydrogen-bond acceptors (Lipinski definition) is 3. The zero-order valence-electron chi connectivity index (χ0n) is 12.0. The van der Waals surface area contributed by atoms with Crippen LogP contribution < -0.4 is 0 Å². The van der Waals surface area contributed by atoms with E-state index in [2.05, 4.69) is 4.90 Å². The zero-order valence-corrected chi connectivity index (χ0v) is 12.0. The van der Waals surface area contributed by atoms with Gasteiger partial charge in [-0.15, -0.1) is 0 Å². The molecular weight excluding hydrogens is 257 g/mol. The molecule has 0 aliphatic carbocycles. The third-order valence-corrected chi connectivity index (χ3v) is 4.63. The van der Waals surface area contributed by atoms with Gasteiger partial charge >= 0.3 is 0 Å². The number of likely N-dealkylation sites (tertiary alicyclic amines) is 1. The normalized spacial score (nSPS) is 30.4. The van der Waals surface area contributed by atoms with Crippen molar-refractivity contribution < 1.29 is 13.9 Å². The number of methoxy groups -OCH3 is 1. The molecule has 110 valence electrons. The van der Waals surface area contributed by atoms with Crippen molar-refractivity contribution in [2.75, 3.05) is 33.4 Å². The van der Waals surface area contributed by atoms with E-state index in [4.69, 9.17) is 9.47 Å². The van der Waals surface area contributed by atoms with Gasteiger partial charge in [0.15, 0.2) is 0 Å². The molecule has 2 fully saturated rings. The topological polar surface area (TPSA) is 21.7 Å². The van der Waals surface area contributed by atoms with Gasteiger partial charge in [-0.25, -0.2) is 4.39 Å². The SMILES string of the molecule is COC[C@@]12CCO[C@@H]1CCN(Cc1ccccc1F)C2. The third-order valence-electron chi connectivity index (χ3n) is 4.63. The summed E-state index contributed by atoms with van der Waals surface area (Å²) in [7, 11) is 1.75. The molecule has 2 heterocycles. The fraction of sp³-hybridized carbons (Fsp3) is 0.625. The molecule has 2 saturated heterocycles. The van der Waals surface area contributed by atoms with Crippen LogP contribution in [0.2, 0.25) is 0 Å². The lowest BCUT2D eigenvalue weighted by Gasteiger charge is -2.43. The lowest BCUT2D eigenvalue weighted by molar-refractivity contribution is -0.0559. The van der Waals surface area contributed by atoms with Crippen LogP contribution in [-0.4, -0.2) is 44.4 Å². The molecule has 1 aromatic carbocycles. The van der Waals surface area contributed by atoms with Gasteiger partial charge in [-0.1, -0.05) is 18.2 Å². The number of fused-ring (bicyclic) bond motifs is 1. The van der Waals surface area contributed by atoms with Crippen LogP contribution in [0, 0.1) is 11.2 Å². The molecule has 0 N–H and O–H groups in total. The maximum absolute atomic E-state index is 13.8. The number of nitrogens with zero attached hydrogens (tertiary/aromatic N) is 1. The Kier molecular flexibility index (Phi) is 4.06. The van der Waals surface area contributed by atoms with Crippen LogP contribution in [0.5, 0.6) is 0 Å². The van der Waals surface area contributed by atoms with Gasteiger partial charge in [-0.05, 0) is 18.9 Å². The Balaban J connectivity index is 1.71. The molecule has 0 radical (unpaired) electrons. The smallest absolute Gasteiger partial charge is 0.127 e. The molecule has 2 aliphatic rings. The summed E-state index contributed by atoms with van der Waals surface area (Å²) in [5.41, 5.74) is 0.871. The summed E-state index contributed by atoms with van der Waals surface area (Å²) in [5, 5.41) is 0. The van der Waals surface area contributed by atoms with Crippen LogP contribution >= 0.6 is 0 Å². The third kappa shape index (κ3) is 2.60. The predicted molar refractivity (Wildman–Crippen MR) is 75.0 cm³/mol. The Labute approximate surface area is 119 Å². The lowest BCUT2D eigenvalue weighted by atomic mass is 9.77. The highest BCUT2D eigenvalue weighted by Crippen LogP contribution is 2.41. The summed E-state index contributed by atoms with van der Waals surface area (Å²) in [5.74, 6) is -0.113. The van der Waals surface area contributed by atoms with E-state index < -0.39 is 0 Å². The minimum atomic E-state index is -0.113. The van der Waals surface area contributed by atoms with Crippen LogP contribution in [-0.2, 0) is 16.0 Å². The van der Waals surface area contributed by atoms with E-state index in [0.717, 1.165) is 44.7 Å². The Hall–Kier alpha value is -0.970. The second kappa shape index (κ2) is 5.80. The van der Waals surface area contributed by atoms with Gasteiger partial charge in [0.05, 0.1) is 12.7 Å². The number of hydrogen-bond donors (Lipinski definition) is 0. The molecule has 0 aromatic heterocycles. The summed E-state index contributed by atoms with van der Waals surface area (Å²) >= 11 is 0. The quantitative estimate of drug-likeness (QED) is 0.845. The minimum Gasteiger partial charge on any atom is -0.384 e. The molecule has 0 unspecified atom stereocenters. The molecule has 3 rings (SSSR count). The number of benzene rings is 1. The average molecular weight is 279 g/mol. The average Bonchev–Trinajstić information content (AvgIpc) is 2.84. The van der Waals surface area contributed by atoms with Gasteiger partial charge in [0.25, 0.3) is 0 Å². The van der Waals surface area contributed by atoms with Crippen LogP contribution in [0.4, 0.5) is 4.39 Å². The molecule has 3 nitrogen and oxygen atoms in total. The van der Waals surface area contributed by atoms with Gasteiger partial charge in [0, 0.05) is 44.3 Å². The molecular formula is C16H22FNO2. The largest absolute Gasteiger partial charge is 0.384 e. The molecule has 2 aliphatic heterocycles. The first kappa shape index (κ1) is 14.0. The van der Waals surface area contributed by atoms with Gasteiger partial charge in [0.2, 0.25) is 0 Å². The minimum absolute atomic E-state index is 0.0955. The van der Waals surface area contributed by atoms with Gasteiger partial charge in [-0.2, -0.15) is 0 Å². The predicted octanol–water partition coefficient (Wildman–Crippen LogP) is 2.45. The highest BCUT2D eigenvalue weighted by Gasteiger charge is 2.47. The second-order valence-electron chi connectivity index (χ2n) is 6.00. The Morgan fingerprint density at radius 2 is 2.30 bits per heavy atom. The maximum atomic E-state index is 13.8. The summed E-state index contributed by atoms with van der Waals surface area (Å²) in [6.07, 6.45) is 2.36. The summed E-state index contributed by atoms with van der Waals surface area (Å²) < 4.78 is 25.1. The molecule has 0 saturated carbocycles. The Morgan fingerprint density at radius 1 is 1.45 bits per heavy atom. The van der Waals surface area contributed by atoms with Crippen molar-refractivity contribution in [1.29, 1.82) is 0 Å². The number of piperidine rings is 1. The van der Waals surface area contributed by atoms with E-state index >= 15 is 0 Å². The number of rotatable bonds is 4. The molecule has 0 amide bonds. The van der Waals surface area contributed by atoms with E-state index in [9.17, 15) is 4.39 Å². The Morgan fingerprint density at radius 3 is 3.10 bits per heavy atom. The summed E-state index contributed by atoms with van der Waals surface area (Å²) in [6, 6.07) is 7.04. The van der Waals surface area contributed by atoms with E-state index in [0.29, 0.717) is 12.6 Å². The first-order valence-corrected chi connectivity index (χ1v) is 7.30. The van der Waals surface area contributed by atoms with Gasteiger partial charge < -0.3 is 9.47 Å². The van der Waals surface area contributed by atoms with Crippen molar-refractivity contribution in [3.63, 3.8) is 0 Å². The van der Waals surface area contributed by atoms with Crippen LogP contribution in [0.15, 0.2) is 24.3 Å². The second-order valence-corrected chi connectivity index (χ2v) is 6.00. The lowest BCUT2D eigenvalue weighted by Crippen LogP contribution is -2.51. The Bertz CT molecular complexity index is 468. The summed E-state index contributed by atoms with van der Waals surface area (Å²) in [6.45, 7) is 4.11. The first-order valence-electron chi connectivity index (χ1n) is 7.30. The van der Waals surface area contributed by atoms with E-state index in [-0.39, 0.29) is 11.2 Å². The summed E-state index contributed by atoms with van der Waals surface area (Å²) in [4.78, 5) is 2.34. The molecule has 4 heteroatoms. The van der Waals surface area contributed by atoms with Crippen LogP contribution in [0.3, 0.4) is 0 Å². The van der Waals surface area contributed by atoms with Crippen LogP contribution in [0.25, 0.3) is 0 Å². The van der Waals surface area contributed by atoms with Crippen molar-refractivity contribution in [2.24, 2.45) is 5.41 Å². The number of halogens is 1. The van der Waals surface area contributed by atoms with Gasteiger partial charge in [0.1, 0.15) is 5.82 Å². The van der Waals surface area contributed by atoms with Crippen molar-refractivity contribution in [3.05, 3.63) is 35.6 Å². The first-order chi connectivity index (χ1) is 9.73. The molecule has 0 bridgehead atoms. The van der Waals surface area contributed by atoms with E-state index in [1.54, 1.807) is 13.2 Å². The highest BCUT2D eigenvalue weighted by atomic mass is 19.1. The standard InChI is InChI=1S/C16H22FNO2/c1-19-12-16-7-9-20-15(16)6-8-18(11-16)10-13-4-2-3-5-14(13)17/h2-5,15H,6-12H2,1H3/t15-,16+/m1/s1. The van der Waals surface area contributed by atoms with E-state index in [1.165, 1.54) is 6.07 Å². The molecule has 0 spiro atoms. The zero-order chi connectivity index (χ0) is 14.0. The molecule has 2 atom stereocenters. The fourth-order valence-corrected chi connectivity index (χ4v) is 3.64. The van der Waals surface area contributed by atoms with Crippen molar-refractivity contribution in [1.82, 2.24) is 4.90 Å². The van der Waals surface area contributed by atoms with Crippen LogP contribution in [0.1, 0.15) is 18.4 Å². The molecule has 20 heavy (non-hydrogen) atoms. The van der Waals surface area contributed by atoms with Crippen molar-refractivity contribution in [3.8, 4) is 0 Å². The monoisotopic (exact) mass is 279 g/mol. The maximum Gasteiger partial charge on any atom is 0.127 e. The fourth-order valence-electron chi connectivity index (χ4n) is 3.64. The number of ether oxygens (including phenoxy) is 2. The van der Waals surface area contributed by atoms with Crippen molar-refractivity contribution in [2.45, 2.75) is 25.5 Å². The van der Waals surface area contributed by atoms with E-state index in [1.807, 2.05) is 12.1 Å². The molecule has 1 aromatic rings.